The van der Waals surface area contributed by atoms with Crippen molar-refractivity contribution in [2.24, 2.45) is 0 Å². The van der Waals surface area contributed by atoms with Crippen molar-refractivity contribution in [1.29, 1.82) is 0 Å². The fourth-order valence-corrected chi connectivity index (χ4v) is 4.21. The molecular formula is C26H14ClF3N3NaO4. The van der Waals surface area contributed by atoms with Gasteiger partial charge in [0.15, 0.2) is 0 Å². The summed E-state index contributed by atoms with van der Waals surface area (Å²) in [5, 5.41) is 15.5. The van der Waals surface area contributed by atoms with E-state index in [4.69, 9.17) is 16.0 Å². The van der Waals surface area contributed by atoms with Gasteiger partial charge in [-0.05, 0) is 42.8 Å². The molecule has 0 aliphatic heterocycles. The van der Waals surface area contributed by atoms with Crippen molar-refractivity contribution in [2.75, 3.05) is 0 Å². The summed E-state index contributed by atoms with van der Waals surface area (Å²) in [6, 6.07) is 13.4. The van der Waals surface area contributed by atoms with Crippen molar-refractivity contribution in [2.45, 2.75) is 13.1 Å². The minimum absolute atomic E-state index is 0. The molecule has 5 aromatic rings. The van der Waals surface area contributed by atoms with Crippen LogP contribution in [-0.2, 0) is 6.18 Å². The maximum absolute atomic E-state index is 13.8. The van der Waals surface area contributed by atoms with Gasteiger partial charge in [-0.3, -0.25) is 4.79 Å². The fraction of sp³-hybridized carbons (Fsp3) is 0.0769. The number of fused-ring (bicyclic) bond motifs is 1. The molecule has 5 rings (SSSR count). The number of benzene rings is 3. The van der Waals surface area contributed by atoms with Crippen LogP contribution in [0.4, 0.5) is 13.2 Å². The van der Waals surface area contributed by atoms with Crippen LogP contribution in [0.15, 0.2) is 71.3 Å². The number of aryl methyl sites for hydroxylation is 1. The topological polar surface area (TPSA) is 101 Å². The van der Waals surface area contributed by atoms with Crippen molar-refractivity contribution in [1.82, 2.24) is 14.8 Å². The second-order valence-corrected chi connectivity index (χ2v) is 8.51. The summed E-state index contributed by atoms with van der Waals surface area (Å²) in [6.45, 7) is 1.70. The van der Waals surface area contributed by atoms with Gasteiger partial charge >= 0.3 is 35.7 Å². The van der Waals surface area contributed by atoms with Gasteiger partial charge < -0.3 is 14.3 Å². The Morgan fingerprint density at radius 2 is 1.71 bits per heavy atom. The summed E-state index contributed by atoms with van der Waals surface area (Å²) in [5.41, 5.74) is -0.726. The number of alkyl halides is 3. The molecule has 38 heavy (non-hydrogen) atoms. The van der Waals surface area contributed by atoms with Gasteiger partial charge in [0.05, 0.1) is 33.8 Å². The molecule has 0 atom stereocenters. The number of hydrogen-bond donors (Lipinski definition) is 0. The van der Waals surface area contributed by atoms with E-state index in [2.05, 4.69) is 10.1 Å². The Bertz CT molecular complexity index is 1690. The van der Waals surface area contributed by atoms with Crippen molar-refractivity contribution in [3.8, 4) is 22.7 Å². The number of aromatic nitrogens is 3. The van der Waals surface area contributed by atoms with Crippen molar-refractivity contribution >= 4 is 34.4 Å². The third kappa shape index (κ3) is 5.00. The summed E-state index contributed by atoms with van der Waals surface area (Å²) in [7, 11) is 0. The molecule has 0 radical (unpaired) electrons. The number of oxazole rings is 1. The van der Waals surface area contributed by atoms with Gasteiger partial charge in [-0.15, -0.1) is 0 Å². The molecule has 0 spiro atoms. The minimum Gasteiger partial charge on any atom is -0.545 e. The van der Waals surface area contributed by atoms with E-state index in [0.29, 0.717) is 22.3 Å². The number of hydrogen-bond acceptors (Lipinski definition) is 6. The number of halogens is 4. The zero-order valence-corrected chi connectivity index (χ0v) is 22.6. The van der Waals surface area contributed by atoms with E-state index in [9.17, 15) is 27.9 Å². The van der Waals surface area contributed by atoms with Crippen LogP contribution in [0.1, 0.15) is 32.0 Å². The summed E-state index contributed by atoms with van der Waals surface area (Å²) < 4.78 is 47.7. The molecule has 0 bridgehead atoms. The first-order valence-electron chi connectivity index (χ1n) is 10.7. The van der Waals surface area contributed by atoms with E-state index < -0.39 is 29.2 Å². The standard InChI is InChI=1S/C26H15ClF3N3O4.Na/c1-13-12-31-23(37-13)16-9-10-17-20(11-16)33(32-22(17)14-5-7-15(8-6-14)25(35)36)24(34)21-18(26(28,29)30)3-2-4-19(21)27;/h2-12H,1H3,(H,35,36);/q;+1/p-1. The second kappa shape index (κ2) is 10.4. The van der Waals surface area contributed by atoms with Gasteiger partial charge in [-0.1, -0.05) is 41.9 Å². The first-order valence-corrected chi connectivity index (χ1v) is 11.1. The quantitative estimate of drug-likeness (QED) is 0.320. The second-order valence-electron chi connectivity index (χ2n) is 8.10. The zero-order valence-electron chi connectivity index (χ0n) is 19.8. The van der Waals surface area contributed by atoms with Gasteiger partial charge in [-0.2, -0.15) is 23.0 Å². The van der Waals surface area contributed by atoms with Crippen LogP contribution in [0, 0.1) is 6.92 Å². The molecular weight excluding hydrogens is 534 g/mol. The molecule has 0 saturated heterocycles. The van der Waals surface area contributed by atoms with Crippen LogP contribution in [0.3, 0.4) is 0 Å². The van der Waals surface area contributed by atoms with Crippen molar-refractivity contribution < 1.29 is 61.8 Å². The Balaban J connectivity index is 0.00000336. The molecule has 3 aromatic carbocycles. The SMILES string of the molecule is Cc1cnc(-c2ccc3c(-c4ccc(C(=O)[O-])cc4)nn(C(=O)c4c(Cl)cccc4C(F)(F)F)c3c2)o1.[Na+]. The Labute approximate surface area is 240 Å². The van der Waals surface area contributed by atoms with E-state index in [0.717, 1.165) is 16.8 Å². The molecule has 2 aromatic heterocycles. The Morgan fingerprint density at radius 1 is 1.03 bits per heavy atom. The number of nitrogens with zero attached hydrogens (tertiary/aromatic N) is 3. The van der Waals surface area contributed by atoms with Gasteiger partial charge in [0.1, 0.15) is 11.5 Å². The van der Waals surface area contributed by atoms with Crippen LogP contribution in [0.25, 0.3) is 33.6 Å². The zero-order chi connectivity index (χ0) is 26.5. The summed E-state index contributed by atoms with van der Waals surface area (Å²) in [6.07, 6.45) is -3.34. The predicted octanol–water partition coefficient (Wildman–Crippen LogP) is 2.39. The maximum atomic E-state index is 13.8. The molecule has 0 fully saturated rings. The number of carboxylic acids is 1. The van der Waals surface area contributed by atoms with Crippen molar-refractivity contribution in [3.05, 3.63) is 94.3 Å². The van der Waals surface area contributed by atoms with Crippen LogP contribution < -0.4 is 34.7 Å². The molecule has 0 unspecified atom stereocenters. The van der Waals surface area contributed by atoms with E-state index in [1.807, 2.05) is 0 Å². The van der Waals surface area contributed by atoms with E-state index >= 15 is 0 Å². The average Bonchev–Trinajstić information content (AvgIpc) is 3.46. The molecule has 0 N–H and O–H groups in total. The predicted molar refractivity (Wildman–Crippen MR) is 126 cm³/mol. The van der Waals surface area contributed by atoms with E-state index in [-0.39, 0.29) is 57.2 Å². The largest absolute Gasteiger partial charge is 1.00 e. The Hall–Kier alpha value is -3.44. The Kier molecular flexibility index (Phi) is 7.53. The van der Waals surface area contributed by atoms with Crippen LogP contribution >= 0.6 is 11.6 Å². The van der Waals surface area contributed by atoms with Crippen LogP contribution in [-0.4, -0.2) is 26.6 Å². The third-order valence-electron chi connectivity index (χ3n) is 5.67. The number of aromatic carboxylic acids is 1. The van der Waals surface area contributed by atoms with Gasteiger partial charge in [0, 0.05) is 16.5 Å². The van der Waals surface area contributed by atoms with Crippen molar-refractivity contribution in [3.63, 3.8) is 0 Å². The number of rotatable bonds is 4. The third-order valence-corrected chi connectivity index (χ3v) is 5.98. The maximum Gasteiger partial charge on any atom is 1.00 e. The molecule has 186 valence electrons. The monoisotopic (exact) mass is 547 g/mol. The normalized spacial score (nSPS) is 11.4. The van der Waals surface area contributed by atoms with Gasteiger partial charge in [-0.25, -0.2) is 4.98 Å². The summed E-state index contributed by atoms with van der Waals surface area (Å²) in [4.78, 5) is 28.9. The number of carboxylic acid groups (broad SMARTS) is 1. The van der Waals surface area contributed by atoms with E-state index in [1.54, 1.807) is 19.1 Å². The fourth-order valence-electron chi connectivity index (χ4n) is 3.95. The van der Waals surface area contributed by atoms with Gasteiger partial charge in [0.25, 0.3) is 5.91 Å². The summed E-state index contributed by atoms with van der Waals surface area (Å²) >= 11 is 6.08. The first kappa shape index (κ1) is 27.6. The van der Waals surface area contributed by atoms with Gasteiger partial charge in [0.2, 0.25) is 5.89 Å². The Morgan fingerprint density at radius 3 is 2.32 bits per heavy atom. The van der Waals surface area contributed by atoms with Crippen LogP contribution in [0.5, 0.6) is 0 Å². The molecule has 0 amide bonds. The number of carbonyl (C=O) groups is 2. The number of carbonyl (C=O) groups excluding carboxylic acids is 2. The molecule has 0 saturated carbocycles. The first-order chi connectivity index (χ1) is 17.5. The molecule has 12 heteroatoms. The summed E-state index contributed by atoms with van der Waals surface area (Å²) in [5.74, 6) is -1.69. The van der Waals surface area contributed by atoms with Crippen LogP contribution in [0.2, 0.25) is 5.02 Å². The minimum atomic E-state index is -4.84. The molecule has 0 aliphatic carbocycles. The molecule has 2 heterocycles. The molecule has 7 nitrogen and oxygen atoms in total. The average molecular weight is 548 g/mol. The smallest absolute Gasteiger partial charge is 0.545 e. The molecule has 0 aliphatic rings. The van der Waals surface area contributed by atoms with E-state index in [1.165, 1.54) is 42.6 Å².